The van der Waals surface area contributed by atoms with Crippen LogP contribution in [0.5, 0.6) is 11.5 Å². The molecule has 0 unspecified atom stereocenters. The van der Waals surface area contributed by atoms with Gasteiger partial charge < -0.3 is 19.7 Å². The van der Waals surface area contributed by atoms with Crippen molar-refractivity contribution in [2.75, 3.05) is 20.2 Å². The maximum atomic E-state index is 12.6. The molecule has 0 aliphatic rings. The number of rotatable bonds is 9. The number of para-hydroxylation sites is 1. The van der Waals surface area contributed by atoms with Gasteiger partial charge in [0.25, 0.3) is 0 Å². The van der Waals surface area contributed by atoms with Gasteiger partial charge in [-0.25, -0.2) is 0 Å². The largest absolute Gasteiger partial charge is 0.493 e. The number of benzene rings is 1. The molecule has 0 aliphatic heterocycles. The summed E-state index contributed by atoms with van der Waals surface area (Å²) in [5.74, 6) is -0.720. The lowest BCUT2D eigenvalue weighted by Crippen LogP contribution is -2.42. The lowest BCUT2D eigenvalue weighted by Gasteiger charge is -2.19. The molecule has 0 bridgehead atoms. The van der Waals surface area contributed by atoms with Crippen LogP contribution in [-0.4, -0.2) is 49.6 Å². The van der Waals surface area contributed by atoms with E-state index in [1.54, 1.807) is 13.0 Å². The number of halogens is 2. The molecule has 0 fully saturated rings. The van der Waals surface area contributed by atoms with Gasteiger partial charge in [0.05, 0.1) is 13.7 Å². The van der Waals surface area contributed by atoms with Crippen molar-refractivity contribution < 1.29 is 27.8 Å². The topological polar surface area (TPSA) is 67.9 Å². The second-order valence-corrected chi connectivity index (χ2v) is 5.67. The molecule has 1 N–H and O–H groups in total. The van der Waals surface area contributed by atoms with E-state index in [-0.39, 0.29) is 35.6 Å². The minimum atomic E-state index is -3.03. The highest BCUT2D eigenvalue weighted by molar-refractivity contribution is 5.94. The third kappa shape index (κ3) is 6.70. The number of hydrogen-bond donors (Lipinski definition) is 1. The van der Waals surface area contributed by atoms with Crippen LogP contribution < -0.4 is 14.8 Å². The van der Waals surface area contributed by atoms with E-state index in [4.69, 9.17) is 4.74 Å². The summed E-state index contributed by atoms with van der Waals surface area (Å²) in [5.41, 5.74) is 0.265. The Balaban J connectivity index is 2.94. The zero-order valence-electron chi connectivity index (χ0n) is 15.3. The van der Waals surface area contributed by atoms with Crippen LogP contribution in [0.4, 0.5) is 8.78 Å². The zero-order chi connectivity index (χ0) is 19.7. The first-order valence-corrected chi connectivity index (χ1v) is 8.16. The summed E-state index contributed by atoms with van der Waals surface area (Å²) >= 11 is 0. The van der Waals surface area contributed by atoms with E-state index >= 15 is 0 Å². The van der Waals surface area contributed by atoms with Crippen LogP contribution in [0.25, 0.3) is 6.08 Å². The Morgan fingerprint density at radius 2 is 2.00 bits per heavy atom. The summed E-state index contributed by atoms with van der Waals surface area (Å²) in [6.07, 6.45) is 2.56. The van der Waals surface area contributed by atoms with Gasteiger partial charge in [0.2, 0.25) is 11.8 Å². The Hall–Kier alpha value is -2.64. The van der Waals surface area contributed by atoms with Gasteiger partial charge in [0, 0.05) is 24.2 Å². The van der Waals surface area contributed by atoms with Crippen LogP contribution in [-0.2, 0) is 9.59 Å². The van der Waals surface area contributed by atoms with Crippen molar-refractivity contribution in [2.24, 2.45) is 0 Å². The number of likely N-dealkylation sites (N-methyl/N-ethyl adjacent to an activating group) is 1. The van der Waals surface area contributed by atoms with Crippen molar-refractivity contribution in [1.82, 2.24) is 10.2 Å². The summed E-state index contributed by atoms with van der Waals surface area (Å²) in [7, 11) is 1.33. The number of carbonyl (C=O) groups is 2. The molecule has 8 heteroatoms. The van der Waals surface area contributed by atoms with E-state index in [0.29, 0.717) is 6.54 Å². The fourth-order valence-corrected chi connectivity index (χ4v) is 2.19. The number of hydrogen-bond acceptors (Lipinski definition) is 4. The molecule has 1 aromatic rings. The van der Waals surface area contributed by atoms with Crippen molar-refractivity contribution >= 4 is 17.9 Å². The highest BCUT2D eigenvalue weighted by atomic mass is 19.3. The molecule has 0 radical (unpaired) electrons. The Morgan fingerprint density at radius 3 is 2.54 bits per heavy atom. The molecule has 0 saturated heterocycles. The number of nitrogens with zero attached hydrogens (tertiary/aromatic N) is 1. The van der Waals surface area contributed by atoms with Crippen LogP contribution in [0.1, 0.15) is 26.3 Å². The highest BCUT2D eigenvalue weighted by Gasteiger charge is 2.16. The lowest BCUT2D eigenvalue weighted by atomic mass is 10.1. The van der Waals surface area contributed by atoms with Crippen LogP contribution in [0, 0.1) is 0 Å². The molecular formula is C18H24F2N2O4. The predicted octanol–water partition coefficient (Wildman–Crippen LogP) is 2.68. The molecule has 0 heterocycles. The molecule has 0 spiro atoms. The maximum Gasteiger partial charge on any atom is 0.387 e. The van der Waals surface area contributed by atoms with Crippen LogP contribution in [0.3, 0.4) is 0 Å². The first-order chi connectivity index (χ1) is 12.3. The monoisotopic (exact) mass is 370 g/mol. The summed E-state index contributed by atoms with van der Waals surface area (Å²) in [4.78, 5) is 25.4. The summed E-state index contributed by atoms with van der Waals surface area (Å²) < 4.78 is 34.8. The second-order valence-electron chi connectivity index (χ2n) is 5.67. The number of carbonyl (C=O) groups excluding carboxylic acids is 2. The number of nitrogens with one attached hydrogen (secondary N) is 1. The van der Waals surface area contributed by atoms with Gasteiger partial charge >= 0.3 is 6.61 Å². The van der Waals surface area contributed by atoms with E-state index in [1.165, 1.54) is 36.3 Å². The minimum absolute atomic E-state index is 0.0299. The third-order valence-electron chi connectivity index (χ3n) is 3.32. The third-order valence-corrected chi connectivity index (χ3v) is 3.32. The van der Waals surface area contributed by atoms with Crippen molar-refractivity contribution in [3.8, 4) is 11.5 Å². The standard InChI is InChI=1S/C18H24F2N2O4/c1-5-22(11-15(23)21-12(2)3)16(24)10-9-13-7-6-8-14(25-4)17(13)26-18(19)20/h6-10,12,18H,5,11H2,1-4H3,(H,21,23)/b10-9+. The first kappa shape index (κ1) is 21.4. The molecule has 0 aliphatic carbocycles. The molecule has 144 valence electrons. The fourth-order valence-electron chi connectivity index (χ4n) is 2.19. The van der Waals surface area contributed by atoms with Gasteiger partial charge in [0.15, 0.2) is 11.5 Å². The van der Waals surface area contributed by atoms with Crippen molar-refractivity contribution in [2.45, 2.75) is 33.4 Å². The molecule has 1 aromatic carbocycles. The Morgan fingerprint density at radius 1 is 1.31 bits per heavy atom. The van der Waals surface area contributed by atoms with Gasteiger partial charge in [-0.1, -0.05) is 12.1 Å². The van der Waals surface area contributed by atoms with Gasteiger partial charge in [-0.15, -0.1) is 0 Å². The van der Waals surface area contributed by atoms with Crippen molar-refractivity contribution in [1.29, 1.82) is 0 Å². The molecule has 0 atom stereocenters. The van der Waals surface area contributed by atoms with Crippen molar-refractivity contribution in [3.63, 3.8) is 0 Å². The van der Waals surface area contributed by atoms with E-state index < -0.39 is 12.5 Å². The molecular weight excluding hydrogens is 346 g/mol. The molecule has 0 saturated carbocycles. The van der Waals surface area contributed by atoms with Gasteiger partial charge in [-0.2, -0.15) is 8.78 Å². The van der Waals surface area contributed by atoms with E-state index in [2.05, 4.69) is 10.1 Å². The average Bonchev–Trinajstić information content (AvgIpc) is 2.57. The summed E-state index contributed by atoms with van der Waals surface area (Å²) in [5, 5.41) is 2.71. The van der Waals surface area contributed by atoms with Gasteiger partial charge in [-0.05, 0) is 32.9 Å². The maximum absolute atomic E-state index is 12.6. The Kier molecular flexibility index (Phi) is 8.54. The van der Waals surface area contributed by atoms with E-state index in [9.17, 15) is 18.4 Å². The second kappa shape index (κ2) is 10.4. The summed E-state index contributed by atoms with van der Waals surface area (Å²) in [6, 6.07) is 4.56. The number of ether oxygens (including phenoxy) is 2. The number of amides is 2. The van der Waals surface area contributed by atoms with Gasteiger partial charge in [-0.3, -0.25) is 9.59 Å². The molecule has 2 amide bonds. The molecule has 26 heavy (non-hydrogen) atoms. The molecule has 0 aromatic heterocycles. The van der Waals surface area contributed by atoms with Crippen LogP contribution in [0.2, 0.25) is 0 Å². The first-order valence-electron chi connectivity index (χ1n) is 8.16. The number of methoxy groups -OCH3 is 1. The fraction of sp³-hybridized carbons (Fsp3) is 0.444. The lowest BCUT2D eigenvalue weighted by molar-refractivity contribution is -0.132. The van der Waals surface area contributed by atoms with E-state index in [1.807, 2.05) is 13.8 Å². The zero-order valence-corrected chi connectivity index (χ0v) is 15.3. The average molecular weight is 370 g/mol. The van der Waals surface area contributed by atoms with Gasteiger partial charge in [0.1, 0.15) is 0 Å². The summed E-state index contributed by atoms with van der Waals surface area (Å²) in [6.45, 7) is 2.60. The highest BCUT2D eigenvalue weighted by Crippen LogP contribution is 2.33. The Bertz CT molecular complexity index is 648. The SMILES string of the molecule is CCN(CC(=O)NC(C)C)C(=O)/C=C/c1cccc(OC)c1OC(F)F. The van der Waals surface area contributed by atoms with E-state index in [0.717, 1.165) is 0 Å². The van der Waals surface area contributed by atoms with Crippen LogP contribution >= 0.6 is 0 Å². The Labute approximate surface area is 151 Å². The number of alkyl halides is 2. The molecule has 1 rings (SSSR count). The smallest absolute Gasteiger partial charge is 0.387 e. The normalized spacial score (nSPS) is 11.1. The quantitative estimate of drug-likeness (QED) is 0.679. The van der Waals surface area contributed by atoms with Crippen LogP contribution in [0.15, 0.2) is 24.3 Å². The predicted molar refractivity (Wildman–Crippen MR) is 94.2 cm³/mol. The molecule has 6 nitrogen and oxygen atoms in total. The minimum Gasteiger partial charge on any atom is -0.493 e. The van der Waals surface area contributed by atoms with Crippen molar-refractivity contribution in [3.05, 3.63) is 29.8 Å².